The van der Waals surface area contributed by atoms with Crippen LogP contribution in [0.1, 0.15) is 24.7 Å². The predicted molar refractivity (Wildman–Crippen MR) is 58.4 cm³/mol. The molecule has 0 spiro atoms. The molecule has 1 aromatic heterocycles. The Hall–Kier alpha value is -1.23. The van der Waals surface area contributed by atoms with E-state index >= 15 is 0 Å². The van der Waals surface area contributed by atoms with Gasteiger partial charge in [0, 0.05) is 5.69 Å². The van der Waals surface area contributed by atoms with Crippen molar-refractivity contribution < 1.29 is 4.74 Å². The zero-order valence-corrected chi connectivity index (χ0v) is 9.10. The van der Waals surface area contributed by atoms with E-state index in [2.05, 4.69) is 9.97 Å². The second kappa shape index (κ2) is 4.85. The fraction of sp³-hybridized carbons (Fsp3) is 0.444. The molecule has 0 fully saturated rings. The van der Waals surface area contributed by atoms with Gasteiger partial charge in [0.2, 0.25) is 0 Å². The minimum Gasteiger partial charge on any atom is -0.463 e. The molecular formula is C9H13N3OS. The van der Waals surface area contributed by atoms with E-state index in [-0.39, 0.29) is 4.99 Å². The van der Waals surface area contributed by atoms with E-state index in [9.17, 15) is 0 Å². The molecule has 0 unspecified atom stereocenters. The average Bonchev–Trinajstić information content (AvgIpc) is 2.14. The summed E-state index contributed by atoms with van der Waals surface area (Å²) in [5.41, 5.74) is 6.82. The fourth-order valence-corrected chi connectivity index (χ4v) is 1.03. The molecule has 1 aromatic rings. The molecule has 0 atom stereocenters. The number of ether oxygens (including phenoxy) is 1. The summed E-state index contributed by atoms with van der Waals surface area (Å²) >= 11 is 4.83. The molecule has 0 aliphatic heterocycles. The van der Waals surface area contributed by atoms with Gasteiger partial charge >= 0.3 is 6.01 Å². The lowest BCUT2D eigenvalue weighted by molar-refractivity contribution is 0.291. The van der Waals surface area contributed by atoms with Crippen LogP contribution in [0.3, 0.4) is 0 Å². The highest BCUT2D eigenvalue weighted by molar-refractivity contribution is 7.80. The molecular weight excluding hydrogens is 198 g/mol. The monoisotopic (exact) mass is 211 g/mol. The van der Waals surface area contributed by atoms with Crippen molar-refractivity contribution in [1.82, 2.24) is 9.97 Å². The summed E-state index contributed by atoms with van der Waals surface area (Å²) in [6.07, 6.45) is 0.916. The van der Waals surface area contributed by atoms with Crippen LogP contribution in [0.25, 0.3) is 0 Å². The largest absolute Gasteiger partial charge is 0.463 e. The third-order valence-electron chi connectivity index (χ3n) is 1.52. The van der Waals surface area contributed by atoms with Crippen LogP contribution in [0.5, 0.6) is 6.01 Å². The lowest BCUT2D eigenvalue weighted by Gasteiger charge is -2.05. The van der Waals surface area contributed by atoms with Gasteiger partial charge in [-0.05, 0) is 19.4 Å². The molecule has 1 heterocycles. The predicted octanol–water partition coefficient (Wildman–Crippen LogP) is 1.21. The fourth-order valence-electron chi connectivity index (χ4n) is 0.925. The van der Waals surface area contributed by atoms with Gasteiger partial charge in [0.05, 0.1) is 6.61 Å². The first-order chi connectivity index (χ1) is 6.63. The molecule has 0 saturated heterocycles. The molecule has 0 amide bonds. The third-order valence-corrected chi connectivity index (χ3v) is 1.73. The summed E-state index contributed by atoms with van der Waals surface area (Å²) in [5.74, 6) is 0. The molecule has 2 N–H and O–H groups in total. The van der Waals surface area contributed by atoms with Crippen molar-refractivity contribution in [3.63, 3.8) is 0 Å². The van der Waals surface area contributed by atoms with Gasteiger partial charge in [-0.3, -0.25) is 0 Å². The van der Waals surface area contributed by atoms with Crippen LogP contribution in [0.4, 0.5) is 0 Å². The van der Waals surface area contributed by atoms with E-state index in [0.29, 0.717) is 18.3 Å². The van der Waals surface area contributed by atoms with E-state index in [0.717, 1.165) is 12.1 Å². The quantitative estimate of drug-likeness (QED) is 0.758. The van der Waals surface area contributed by atoms with Crippen LogP contribution in [0, 0.1) is 6.92 Å². The molecule has 5 heteroatoms. The summed E-state index contributed by atoms with van der Waals surface area (Å²) in [6.45, 7) is 4.47. The van der Waals surface area contributed by atoms with Gasteiger partial charge in [-0.25, -0.2) is 4.98 Å². The maximum atomic E-state index is 5.47. The topological polar surface area (TPSA) is 61.0 Å². The van der Waals surface area contributed by atoms with Crippen molar-refractivity contribution in [2.75, 3.05) is 6.61 Å². The average molecular weight is 211 g/mol. The Morgan fingerprint density at radius 3 is 2.86 bits per heavy atom. The first-order valence-corrected chi connectivity index (χ1v) is 4.82. The van der Waals surface area contributed by atoms with Crippen molar-refractivity contribution in [3.05, 3.63) is 17.5 Å². The Bertz CT molecular complexity index is 341. The second-order valence-corrected chi connectivity index (χ2v) is 3.33. The van der Waals surface area contributed by atoms with E-state index in [1.165, 1.54) is 0 Å². The van der Waals surface area contributed by atoms with Crippen LogP contribution in [-0.4, -0.2) is 21.6 Å². The number of hydrogen-bond acceptors (Lipinski definition) is 4. The van der Waals surface area contributed by atoms with Crippen molar-refractivity contribution in [1.29, 1.82) is 0 Å². The van der Waals surface area contributed by atoms with Gasteiger partial charge in [-0.1, -0.05) is 19.1 Å². The summed E-state index contributed by atoms with van der Waals surface area (Å²) in [7, 11) is 0. The maximum Gasteiger partial charge on any atom is 0.317 e. The Kier molecular flexibility index (Phi) is 3.76. The minimum absolute atomic E-state index is 0.261. The Morgan fingerprint density at radius 2 is 2.29 bits per heavy atom. The van der Waals surface area contributed by atoms with Crippen molar-refractivity contribution in [2.24, 2.45) is 5.73 Å². The smallest absolute Gasteiger partial charge is 0.317 e. The normalized spacial score (nSPS) is 9.86. The lowest BCUT2D eigenvalue weighted by atomic mass is 10.3. The van der Waals surface area contributed by atoms with Crippen LogP contribution in [-0.2, 0) is 0 Å². The number of nitrogens with two attached hydrogens (primary N) is 1. The molecule has 4 nitrogen and oxygen atoms in total. The van der Waals surface area contributed by atoms with Crippen molar-refractivity contribution in [3.8, 4) is 6.01 Å². The number of hydrogen-bond donors (Lipinski definition) is 1. The van der Waals surface area contributed by atoms with Crippen LogP contribution < -0.4 is 10.5 Å². The summed E-state index contributed by atoms with van der Waals surface area (Å²) in [5, 5.41) is 0. The van der Waals surface area contributed by atoms with Crippen molar-refractivity contribution in [2.45, 2.75) is 20.3 Å². The Balaban J connectivity index is 2.89. The number of rotatable bonds is 4. The second-order valence-electron chi connectivity index (χ2n) is 2.89. The van der Waals surface area contributed by atoms with E-state index in [1.54, 1.807) is 6.07 Å². The van der Waals surface area contributed by atoms with Crippen molar-refractivity contribution >= 4 is 17.2 Å². The van der Waals surface area contributed by atoms with Gasteiger partial charge in [-0.2, -0.15) is 4.98 Å². The molecule has 0 aliphatic rings. The number of thiocarbonyl (C=S) groups is 1. The highest BCUT2D eigenvalue weighted by Gasteiger charge is 2.04. The van der Waals surface area contributed by atoms with Crippen LogP contribution >= 0.6 is 12.2 Å². The van der Waals surface area contributed by atoms with Gasteiger partial charge in [-0.15, -0.1) is 0 Å². The molecule has 0 aromatic carbocycles. The highest BCUT2D eigenvalue weighted by Crippen LogP contribution is 2.07. The zero-order valence-electron chi connectivity index (χ0n) is 8.28. The highest BCUT2D eigenvalue weighted by atomic mass is 32.1. The van der Waals surface area contributed by atoms with E-state index < -0.39 is 0 Å². The maximum absolute atomic E-state index is 5.47. The third kappa shape index (κ3) is 2.92. The number of nitrogens with zero attached hydrogens (tertiary/aromatic N) is 2. The minimum atomic E-state index is 0.261. The number of aryl methyl sites for hydroxylation is 1. The van der Waals surface area contributed by atoms with Gasteiger partial charge in [0.15, 0.2) is 0 Å². The van der Waals surface area contributed by atoms with Gasteiger partial charge in [0.1, 0.15) is 10.7 Å². The molecule has 76 valence electrons. The molecule has 0 radical (unpaired) electrons. The van der Waals surface area contributed by atoms with Gasteiger partial charge in [0.25, 0.3) is 0 Å². The standard InChI is InChI=1S/C9H13N3OS/c1-3-4-13-9-11-6(2)5-7(12-9)8(10)14/h5H,3-4H2,1-2H3,(H2,10,14). The summed E-state index contributed by atoms with van der Waals surface area (Å²) in [6, 6.07) is 2.08. The molecule has 0 bridgehead atoms. The van der Waals surface area contributed by atoms with Crippen LogP contribution in [0.2, 0.25) is 0 Å². The summed E-state index contributed by atoms with van der Waals surface area (Å²) in [4.78, 5) is 8.44. The number of aromatic nitrogens is 2. The molecule has 0 aliphatic carbocycles. The van der Waals surface area contributed by atoms with Gasteiger partial charge < -0.3 is 10.5 Å². The molecule has 0 saturated carbocycles. The molecule has 14 heavy (non-hydrogen) atoms. The summed E-state index contributed by atoms with van der Waals surface area (Å²) < 4.78 is 5.29. The van der Waals surface area contributed by atoms with E-state index in [1.807, 2.05) is 13.8 Å². The zero-order chi connectivity index (χ0) is 10.6. The molecule has 1 rings (SSSR count). The first kappa shape index (κ1) is 10.8. The Morgan fingerprint density at radius 1 is 1.57 bits per heavy atom. The lowest BCUT2D eigenvalue weighted by Crippen LogP contribution is -2.13. The Labute approximate surface area is 88.5 Å². The van der Waals surface area contributed by atoms with E-state index in [4.69, 9.17) is 22.7 Å². The van der Waals surface area contributed by atoms with Crippen LogP contribution in [0.15, 0.2) is 6.07 Å². The SMILES string of the molecule is CCCOc1nc(C)cc(C(N)=S)n1. The first-order valence-electron chi connectivity index (χ1n) is 4.41.